The Morgan fingerprint density at radius 1 is 1.18 bits per heavy atom. The van der Waals surface area contributed by atoms with Gasteiger partial charge in [-0.1, -0.05) is 27.2 Å². The number of fused-ring (bicyclic) bond motifs is 2. The summed E-state index contributed by atoms with van der Waals surface area (Å²) in [5.41, 5.74) is 0.666. The quantitative estimate of drug-likeness (QED) is 0.712. The molecular formula is C15H26O2. The second-order valence-corrected chi connectivity index (χ2v) is 7.66. The molecule has 0 spiro atoms. The summed E-state index contributed by atoms with van der Waals surface area (Å²) in [7, 11) is 0. The molecule has 1 saturated heterocycles. The van der Waals surface area contributed by atoms with Crippen molar-refractivity contribution in [2.75, 3.05) is 6.61 Å². The minimum atomic E-state index is -0.0204. The van der Waals surface area contributed by atoms with Crippen molar-refractivity contribution in [3.05, 3.63) is 0 Å². The summed E-state index contributed by atoms with van der Waals surface area (Å²) in [5, 5.41) is 9.85. The lowest BCUT2D eigenvalue weighted by Gasteiger charge is -2.57. The van der Waals surface area contributed by atoms with Gasteiger partial charge in [-0.15, -0.1) is 0 Å². The van der Waals surface area contributed by atoms with Crippen LogP contribution in [0.1, 0.15) is 53.4 Å². The zero-order valence-electron chi connectivity index (χ0n) is 11.6. The van der Waals surface area contributed by atoms with Crippen LogP contribution < -0.4 is 0 Å². The van der Waals surface area contributed by atoms with Gasteiger partial charge in [-0.05, 0) is 42.9 Å². The summed E-state index contributed by atoms with van der Waals surface area (Å²) in [6.45, 7) is 9.73. The monoisotopic (exact) mass is 238 g/mol. The number of aliphatic hydroxyl groups excluding tert-OH is 1. The van der Waals surface area contributed by atoms with Crippen LogP contribution in [0.2, 0.25) is 0 Å². The topological polar surface area (TPSA) is 32.8 Å². The van der Waals surface area contributed by atoms with E-state index in [1.165, 1.54) is 25.7 Å². The second-order valence-electron chi connectivity index (χ2n) is 7.66. The molecule has 17 heavy (non-hydrogen) atoms. The molecule has 0 amide bonds. The fraction of sp³-hybridized carbons (Fsp3) is 1.00. The molecule has 0 aromatic carbocycles. The minimum absolute atomic E-state index is 0.0204. The Morgan fingerprint density at radius 3 is 2.53 bits per heavy atom. The smallest absolute Gasteiger partial charge is 0.0975 e. The van der Waals surface area contributed by atoms with Gasteiger partial charge < -0.3 is 9.84 Å². The summed E-state index contributed by atoms with van der Waals surface area (Å²) in [4.78, 5) is 0. The Labute approximate surface area is 105 Å². The van der Waals surface area contributed by atoms with Crippen molar-refractivity contribution in [3.8, 4) is 0 Å². The van der Waals surface area contributed by atoms with Gasteiger partial charge in [0, 0.05) is 12.5 Å². The van der Waals surface area contributed by atoms with Crippen LogP contribution >= 0.6 is 0 Å². The van der Waals surface area contributed by atoms with Crippen LogP contribution in [0.25, 0.3) is 0 Å². The molecule has 0 unspecified atom stereocenters. The van der Waals surface area contributed by atoms with E-state index < -0.39 is 0 Å². The Bertz CT molecular complexity index is 338. The number of aliphatic hydroxyl groups is 1. The van der Waals surface area contributed by atoms with Crippen molar-refractivity contribution in [1.29, 1.82) is 0 Å². The van der Waals surface area contributed by atoms with Gasteiger partial charge in [0.2, 0.25) is 0 Å². The van der Waals surface area contributed by atoms with Crippen molar-refractivity contribution in [2.45, 2.75) is 65.1 Å². The Kier molecular flexibility index (Phi) is 2.30. The first-order valence-electron chi connectivity index (χ1n) is 7.13. The third-order valence-electron chi connectivity index (χ3n) is 6.37. The molecule has 3 fully saturated rings. The van der Waals surface area contributed by atoms with Gasteiger partial charge in [0.25, 0.3) is 0 Å². The van der Waals surface area contributed by atoms with Gasteiger partial charge in [-0.25, -0.2) is 0 Å². The van der Waals surface area contributed by atoms with Crippen molar-refractivity contribution >= 4 is 0 Å². The molecule has 2 aliphatic carbocycles. The van der Waals surface area contributed by atoms with Crippen molar-refractivity contribution in [1.82, 2.24) is 0 Å². The zero-order valence-corrected chi connectivity index (χ0v) is 11.6. The molecule has 1 aliphatic heterocycles. The molecule has 0 radical (unpaired) electrons. The van der Waals surface area contributed by atoms with Crippen molar-refractivity contribution < 1.29 is 9.84 Å². The van der Waals surface area contributed by atoms with E-state index in [-0.39, 0.29) is 17.6 Å². The van der Waals surface area contributed by atoms with Crippen LogP contribution in [0.5, 0.6) is 0 Å². The molecular weight excluding hydrogens is 212 g/mol. The lowest BCUT2D eigenvalue weighted by atomic mass is 9.47. The first-order valence-corrected chi connectivity index (χ1v) is 7.13. The highest BCUT2D eigenvalue weighted by Crippen LogP contribution is 2.67. The van der Waals surface area contributed by atoms with Crippen LogP contribution in [0, 0.1) is 22.7 Å². The third kappa shape index (κ3) is 1.40. The van der Waals surface area contributed by atoms with Crippen LogP contribution in [-0.4, -0.2) is 23.4 Å². The Hall–Kier alpha value is -0.0800. The summed E-state index contributed by atoms with van der Waals surface area (Å²) in [6.07, 6.45) is 5.51. The predicted octanol–water partition coefficient (Wildman–Crippen LogP) is 2.99. The van der Waals surface area contributed by atoms with E-state index >= 15 is 0 Å². The molecule has 0 aromatic rings. The maximum Gasteiger partial charge on any atom is 0.0975 e. The van der Waals surface area contributed by atoms with E-state index in [9.17, 15) is 5.11 Å². The molecule has 98 valence electrons. The first-order chi connectivity index (χ1) is 7.84. The molecule has 2 heteroatoms. The Balaban J connectivity index is 1.99. The maximum absolute atomic E-state index is 9.85. The highest BCUT2D eigenvalue weighted by Gasteiger charge is 2.69. The highest BCUT2D eigenvalue weighted by atomic mass is 16.6. The SMILES string of the molecule is CC1(C)CCC[C@]2(C)[C@@H](CO)[C@@]3(C)O[C@H]3C[C@@H]12. The lowest BCUT2D eigenvalue weighted by Crippen LogP contribution is -2.55. The fourth-order valence-corrected chi connectivity index (χ4v) is 5.29. The van der Waals surface area contributed by atoms with Gasteiger partial charge in [-0.3, -0.25) is 0 Å². The number of hydrogen-bond donors (Lipinski definition) is 1. The largest absolute Gasteiger partial charge is 0.396 e. The summed E-state index contributed by atoms with van der Waals surface area (Å²) in [6, 6.07) is 0. The third-order valence-corrected chi connectivity index (χ3v) is 6.37. The number of hydrogen-bond acceptors (Lipinski definition) is 2. The van der Waals surface area contributed by atoms with E-state index in [0.717, 1.165) is 0 Å². The molecule has 0 bridgehead atoms. The van der Waals surface area contributed by atoms with Crippen LogP contribution in [0.15, 0.2) is 0 Å². The van der Waals surface area contributed by atoms with E-state index in [1.54, 1.807) is 0 Å². The molecule has 3 aliphatic rings. The van der Waals surface area contributed by atoms with Crippen molar-refractivity contribution in [2.24, 2.45) is 22.7 Å². The van der Waals surface area contributed by atoms with Gasteiger partial charge in [0.05, 0.1) is 11.7 Å². The molecule has 0 aromatic heterocycles. The molecule has 3 rings (SSSR count). The van der Waals surface area contributed by atoms with E-state index in [4.69, 9.17) is 4.74 Å². The maximum atomic E-state index is 9.85. The van der Waals surface area contributed by atoms with E-state index in [1.807, 2.05) is 0 Å². The Morgan fingerprint density at radius 2 is 1.88 bits per heavy atom. The van der Waals surface area contributed by atoms with Crippen molar-refractivity contribution in [3.63, 3.8) is 0 Å². The first kappa shape index (κ1) is 12.0. The highest BCUT2D eigenvalue weighted by molar-refractivity contribution is 5.17. The van der Waals surface area contributed by atoms with E-state index in [2.05, 4.69) is 27.7 Å². The fourth-order valence-electron chi connectivity index (χ4n) is 5.29. The standard InChI is InChI=1S/C15H26O2/c1-13(2)6-5-7-14(3)10(13)8-12-15(4,17-12)11(14)9-16/h10-12,16H,5-9H2,1-4H3/t10-,11+,12-,14-,15+/m0/s1. The second kappa shape index (κ2) is 3.27. The number of rotatable bonds is 1. The van der Waals surface area contributed by atoms with Crippen LogP contribution in [0.3, 0.4) is 0 Å². The molecule has 2 saturated carbocycles. The normalized spacial score (nSPS) is 55.9. The van der Waals surface area contributed by atoms with Gasteiger partial charge in [0.1, 0.15) is 0 Å². The number of ether oxygens (including phenoxy) is 1. The predicted molar refractivity (Wildman–Crippen MR) is 67.7 cm³/mol. The molecule has 5 atom stereocenters. The molecule has 1 heterocycles. The van der Waals surface area contributed by atoms with Crippen LogP contribution in [-0.2, 0) is 4.74 Å². The summed E-state index contributed by atoms with van der Waals surface area (Å²) in [5.74, 6) is 1.04. The van der Waals surface area contributed by atoms with Gasteiger partial charge >= 0.3 is 0 Å². The van der Waals surface area contributed by atoms with Gasteiger partial charge in [-0.2, -0.15) is 0 Å². The zero-order chi connectivity index (χ0) is 12.5. The average Bonchev–Trinajstić information content (AvgIpc) is 2.86. The van der Waals surface area contributed by atoms with Crippen LogP contribution in [0.4, 0.5) is 0 Å². The van der Waals surface area contributed by atoms with E-state index in [0.29, 0.717) is 23.4 Å². The minimum Gasteiger partial charge on any atom is -0.396 e. The summed E-state index contributed by atoms with van der Waals surface area (Å²) >= 11 is 0. The number of epoxide rings is 1. The molecule has 2 nitrogen and oxygen atoms in total. The average molecular weight is 238 g/mol. The molecule has 1 N–H and O–H groups in total. The van der Waals surface area contributed by atoms with Gasteiger partial charge in [0.15, 0.2) is 0 Å². The summed E-state index contributed by atoms with van der Waals surface area (Å²) < 4.78 is 5.96. The lowest BCUT2D eigenvalue weighted by molar-refractivity contribution is -0.0926.